The van der Waals surface area contributed by atoms with Crippen LogP contribution in [0.5, 0.6) is 0 Å². The lowest BCUT2D eigenvalue weighted by Gasteiger charge is -2.44. The van der Waals surface area contributed by atoms with Crippen LogP contribution >= 0.6 is 0 Å². The van der Waals surface area contributed by atoms with E-state index in [2.05, 4.69) is 17.3 Å². The van der Waals surface area contributed by atoms with E-state index >= 15 is 0 Å². The van der Waals surface area contributed by atoms with Gasteiger partial charge in [-0.15, -0.1) is 0 Å². The van der Waals surface area contributed by atoms with Crippen molar-refractivity contribution in [1.82, 2.24) is 15.0 Å². The summed E-state index contributed by atoms with van der Waals surface area (Å²) in [5, 5.41) is 0. The minimum atomic E-state index is -0.227. The summed E-state index contributed by atoms with van der Waals surface area (Å²) in [6.07, 6.45) is 8.19. The highest BCUT2D eigenvalue weighted by atomic mass is 16.5. The van der Waals surface area contributed by atoms with Crippen molar-refractivity contribution in [2.75, 3.05) is 6.61 Å². The molecule has 0 radical (unpaired) electrons. The van der Waals surface area contributed by atoms with Gasteiger partial charge in [0.1, 0.15) is 11.9 Å². The second-order valence-electron chi connectivity index (χ2n) is 5.68. The quantitative estimate of drug-likeness (QED) is 0.631. The molecular formula is C14H26N4O. The van der Waals surface area contributed by atoms with Gasteiger partial charge in [-0.3, -0.25) is 5.84 Å². The van der Waals surface area contributed by atoms with E-state index in [1.165, 1.54) is 12.8 Å². The monoisotopic (exact) mass is 266 g/mol. The van der Waals surface area contributed by atoms with E-state index in [1.54, 1.807) is 0 Å². The molecule has 108 valence electrons. The zero-order valence-electron chi connectivity index (χ0n) is 12.2. The predicted molar refractivity (Wildman–Crippen MR) is 75.3 cm³/mol. The van der Waals surface area contributed by atoms with Crippen LogP contribution in [-0.4, -0.2) is 21.8 Å². The topological polar surface area (TPSA) is 65.1 Å². The number of nitrogens with one attached hydrogen (secondary N) is 1. The Bertz CT molecular complexity index is 396. The first-order valence-electron chi connectivity index (χ1n) is 7.20. The Labute approximate surface area is 115 Å². The normalized spacial score (nSPS) is 29.4. The Hall–Kier alpha value is -0.910. The van der Waals surface area contributed by atoms with Crippen molar-refractivity contribution in [1.29, 1.82) is 0 Å². The van der Waals surface area contributed by atoms with Crippen LogP contribution in [0.15, 0.2) is 12.4 Å². The summed E-state index contributed by atoms with van der Waals surface area (Å²) in [6.45, 7) is 5.06. The van der Waals surface area contributed by atoms with Crippen molar-refractivity contribution >= 4 is 0 Å². The summed E-state index contributed by atoms with van der Waals surface area (Å²) in [7, 11) is 2.00. The maximum atomic E-state index is 6.15. The van der Waals surface area contributed by atoms with Crippen LogP contribution in [0.25, 0.3) is 0 Å². The average molecular weight is 266 g/mol. The summed E-state index contributed by atoms with van der Waals surface area (Å²) in [6, 6.07) is -0.0556. The van der Waals surface area contributed by atoms with Crippen LogP contribution in [0.4, 0.5) is 0 Å². The molecule has 2 rings (SSSR count). The number of hydrogen-bond donors (Lipinski definition) is 2. The second-order valence-corrected chi connectivity index (χ2v) is 5.68. The second kappa shape index (κ2) is 6.03. The predicted octanol–water partition coefficient (Wildman–Crippen LogP) is 1.91. The van der Waals surface area contributed by atoms with Crippen molar-refractivity contribution in [2.24, 2.45) is 18.8 Å². The lowest BCUT2D eigenvalue weighted by atomic mass is 9.75. The van der Waals surface area contributed by atoms with Gasteiger partial charge < -0.3 is 9.30 Å². The van der Waals surface area contributed by atoms with E-state index in [4.69, 9.17) is 10.6 Å². The molecule has 1 fully saturated rings. The van der Waals surface area contributed by atoms with E-state index < -0.39 is 0 Å². The van der Waals surface area contributed by atoms with Crippen molar-refractivity contribution in [3.8, 4) is 0 Å². The first-order chi connectivity index (χ1) is 9.13. The smallest absolute Gasteiger partial charge is 0.129 e. The van der Waals surface area contributed by atoms with Crippen LogP contribution in [0.3, 0.4) is 0 Å². The summed E-state index contributed by atoms with van der Waals surface area (Å²) in [5.74, 6) is 7.55. The molecule has 1 aliphatic rings. The first-order valence-corrected chi connectivity index (χ1v) is 7.20. The number of nitrogens with two attached hydrogens (primary N) is 1. The van der Waals surface area contributed by atoms with Gasteiger partial charge in [0.05, 0.1) is 5.60 Å². The average Bonchev–Trinajstić information content (AvgIpc) is 2.81. The molecule has 3 N–H and O–H groups in total. The Morgan fingerprint density at radius 1 is 1.58 bits per heavy atom. The molecule has 1 saturated carbocycles. The van der Waals surface area contributed by atoms with Crippen LogP contribution in [0.1, 0.15) is 51.4 Å². The van der Waals surface area contributed by atoms with Gasteiger partial charge in [0.2, 0.25) is 0 Å². The molecule has 1 aromatic rings. The fourth-order valence-corrected chi connectivity index (χ4v) is 3.17. The molecule has 1 aromatic heterocycles. The number of aromatic nitrogens is 2. The van der Waals surface area contributed by atoms with Gasteiger partial charge in [-0.05, 0) is 38.5 Å². The molecule has 1 unspecified atom stereocenters. The third-order valence-electron chi connectivity index (χ3n) is 4.36. The summed E-state index contributed by atoms with van der Waals surface area (Å²) < 4.78 is 8.17. The first kappa shape index (κ1) is 14.5. The number of rotatable bonds is 5. The summed E-state index contributed by atoms with van der Waals surface area (Å²) in [4.78, 5) is 4.45. The van der Waals surface area contributed by atoms with Gasteiger partial charge >= 0.3 is 0 Å². The fraction of sp³-hybridized carbons (Fsp3) is 0.786. The lowest BCUT2D eigenvalue weighted by Crippen LogP contribution is -2.51. The van der Waals surface area contributed by atoms with Crippen molar-refractivity contribution in [3.05, 3.63) is 18.2 Å². The number of imidazole rings is 1. The number of hydrazine groups is 1. The number of ether oxygens (including phenoxy) is 1. The molecule has 0 amide bonds. The SMILES string of the molecule is CCOC1(C(NN)c2nccn2C)CCC(C)CC1. The third kappa shape index (κ3) is 2.83. The Balaban J connectivity index is 2.28. The largest absolute Gasteiger partial charge is 0.373 e. The van der Waals surface area contributed by atoms with E-state index in [-0.39, 0.29) is 11.6 Å². The van der Waals surface area contributed by atoms with Gasteiger partial charge in [0, 0.05) is 26.0 Å². The number of nitrogens with zero attached hydrogens (tertiary/aromatic N) is 2. The molecule has 0 aromatic carbocycles. The van der Waals surface area contributed by atoms with E-state index in [1.807, 2.05) is 30.9 Å². The highest BCUT2D eigenvalue weighted by Gasteiger charge is 2.44. The highest BCUT2D eigenvalue weighted by molar-refractivity contribution is 5.08. The highest BCUT2D eigenvalue weighted by Crippen LogP contribution is 2.42. The third-order valence-corrected chi connectivity index (χ3v) is 4.36. The summed E-state index contributed by atoms with van der Waals surface area (Å²) in [5.41, 5.74) is 2.72. The van der Waals surface area contributed by atoms with E-state index in [0.717, 1.165) is 24.6 Å². The Morgan fingerprint density at radius 3 is 2.74 bits per heavy atom. The molecule has 1 aliphatic carbocycles. The van der Waals surface area contributed by atoms with Gasteiger partial charge in [-0.2, -0.15) is 0 Å². The fourth-order valence-electron chi connectivity index (χ4n) is 3.17. The molecule has 19 heavy (non-hydrogen) atoms. The molecule has 0 saturated heterocycles. The van der Waals surface area contributed by atoms with Crippen LogP contribution < -0.4 is 11.3 Å². The Morgan fingerprint density at radius 2 is 2.26 bits per heavy atom. The van der Waals surface area contributed by atoms with Crippen LogP contribution in [-0.2, 0) is 11.8 Å². The number of aryl methyl sites for hydroxylation is 1. The van der Waals surface area contributed by atoms with Gasteiger partial charge in [0.25, 0.3) is 0 Å². The van der Waals surface area contributed by atoms with Gasteiger partial charge in [0.15, 0.2) is 0 Å². The minimum absolute atomic E-state index is 0.0556. The number of hydrogen-bond acceptors (Lipinski definition) is 4. The van der Waals surface area contributed by atoms with E-state index in [0.29, 0.717) is 6.61 Å². The summed E-state index contributed by atoms with van der Waals surface area (Å²) >= 11 is 0. The molecular weight excluding hydrogens is 240 g/mol. The van der Waals surface area contributed by atoms with Crippen molar-refractivity contribution < 1.29 is 4.74 Å². The lowest BCUT2D eigenvalue weighted by molar-refractivity contribution is -0.0998. The molecule has 0 aliphatic heterocycles. The standard InChI is InChI=1S/C14H26N4O/c1-4-19-14(7-5-11(2)6-8-14)12(17-15)13-16-9-10-18(13)3/h9-12,17H,4-8,15H2,1-3H3. The molecule has 0 bridgehead atoms. The molecule has 1 atom stereocenters. The minimum Gasteiger partial charge on any atom is -0.373 e. The zero-order chi connectivity index (χ0) is 13.9. The molecule has 5 heteroatoms. The van der Waals surface area contributed by atoms with E-state index in [9.17, 15) is 0 Å². The van der Waals surface area contributed by atoms with Crippen molar-refractivity contribution in [3.63, 3.8) is 0 Å². The van der Waals surface area contributed by atoms with Crippen molar-refractivity contribution in [2.45, 2.75) is 51.2 Å². The van der Waals surface area contributed by atoms with Crippen LogP contribution in [0, 0.1) is 5.92 Å². The zero-order valence-corrected chi connectivity index (χ0v) is 12.2. The van der Waals surface area contributed by atoms with Gasteiger partial charge in [-0.25, -0.2) is 10.4 Å². The Kier molecular flexibility index (Phi) is 4.60. The molecule has 0 spiro atoms. The van der Waals surface area contributed by atoms with Gasteiger partial charge in [-0.1, -0.05) is 6.92 Å². The maximum absolute atomic E-state index is 6.15. The molecule has 1 heterocycles. The maximum Gasteiger partial charge on any atom is 0.129 e. The van der Waals surface area contributed by atoms with Crippen LogP contribution in [0.2, 0.25) is 0 Å². The molecule has 5 nitrogen and oxygen atoms in total.